The summed E-state index contributed by atoms with van der Waals surface area (Å²) >= 11 is 0. The van der Waals surface area contributed by atoms with E-state index in [9.17, 15) is 14.4 Å². The van der Waals surface area contributed by atoms with Crippen molar-refractivity contribution in [1.29, 1.82) is 0 Å². The molecule has 2 aromatic carbocycles. The largest absolute Gasteiger partial charge is 0.372 e. The Labute approximate surface area is 298 Å². The molecule has 3 amide bonds. The number of amides is 3. The van der Waals surface area contributed by atoms with Crippen LogP contribution < -0.4 is 10.2 Å². The molecule has 4 unspecified atom stereocenters. The molecule has 1 N–H and O–H groups in total. The average Bonchev–Trinajstić information content (AvgIpc) is 3.72. The van der Waals surface area contributed by atoms with Crippen molar-refractivity contribution in [2.75, 3.05) is 31.6 Å². The van der Waals surface area contributed by atoms with Gasteiger partial charge in [0.05, 0.1) is 30.1 Å². The van der Waals surface area contributed by atoms with Crippen molar-refractivity contribution in [3.8, 4) is 5.69 Å². The number of nitrogens with one attached hydrogen (secondary N) is 1. The molecule has 1 aliphatic carbocycles. The molecule has 51 heavy (non-hydrogen) atoms. The number of carbonyl (C=O) groups excluding carboxylic acids is 3. The molecule has 4 aliphatic heterocycles. The maximum absolute atomic E-state index is 13.1. The quantitative estimate of drug-likeness (QED) is 0.248. The summed E-state index contributed by atoms with van der Waals surface area (Å²) in [6, 6.07) is 21.3. The van der Waals surface area contributed by atoms with Crippen LogP contribution in [0, 0.1) is 0 Å². The molecular formula is C39H46N8O4. The van der Waals surface area contributed by atoms with Crippen LogP contribution in [-0.4, -0.2) is 98.1 Å². The number of aromatic nitrogens is 4. The Bertz CT molecular complexity index is 1870. The van der Waals surface area contributed by atoms with Gasteiger partial charge in [0.25, 0.3) is 17.7 Å². The summed E-state index contributed by atoms with van der Waals surface area (Å²) in [4.78, 5) is 44.1. The molecule has 4 aromatic rings. The maximum atomic E-state index is 13.1. The smallest absolute Gasteiger partial charge is 0.272 e. The minimum atomic E-state index is -0.630. The van der Waals surface area contributed by atoms with Crippen molar-refractivity contribution < 1.29 is 19.1 Å². The first-order chi connectivity index (χ1) is 24.7. The molecule has 2 bridgehead atoms. The highest BCUT2D eigenvalue weighted by molar-refractivity contribution is 6.03. The molecule has 6 heterocycles. The fourth-order valence-electron chi connectivity index (χ4n) is 7.09. The minimum absolute atomic E-state index is 0.0246. The maximum Gasteiger partial charge on any atom is 0.272 e. The lowest BCUT2D eigenvalue weighted by Crippen LogP contribution is -2.60. The van der Waals surface area contributed by atoms with Gasteiger partial charge in [-0.05, 0) is 50.5 Å². The van der Waals surface area contributed by atoms with Crippen LogP contribution in [0.4, 0.5) is 5.82 Å². The van der Waals surface area contributed by atoms with E-state index >= 15 is 0 Å². The Kier molecular flexibility index (Phi) is 9.88. The molecule has 12 nitrogen and oxygen atoms in total. The van der Waals surface area contributed by atoms with E-state index in [1.54, 1.807) is 26.7 Å². The first-order valence-electron chi connectivity index (χ1n) is 17.9. The number of rotatable bonds is 10. The summed E-state index contributed by atoms with van der Waals surface area (Å²) < 4.78 is 9.27. The molecule has 266 valence electrons. The Morgan fingerprint density at radius 1 is 1.04 bits per heavy atom. The predicted molar refractivity (Wildman–Crippen MR) is 193 cm³/mol. The molecule has 9 rings (SSSR count). The zero-order valence-corrected chi connectivity index (χ0v) is 29.5. The fraction of sp³-hybridized carbons (Fsp3) is 0.410. The summed E-state index contributed by atoms with van der Waals surface area (Å²) in [5.74, 6) is 0.342. The number of nitrogens with zero attached hydrogens (tertiary/aromatic N) is 7. The van der Waals surface area contributed by atoms with E-state index < -0.39 is 6.04 Å². The van der Waals surface area contributed by atoms with E-state index in [0.717, 1.165) is 55.0 Å². The second-order valence-corrected chi connectivity index (χ2v) is 13.9. The number of piperidine rings is 1. The van der Waals surface area contributed by atoms with Crippen LogP contribution in [0.3, 0.4) is 0 Å². The predicted octanol–water partition coefficient (Wildman–Crippen LogP) is 4.17. The summed E-state index contributed by atoms with van der Waals surface area (Å²) in [6.45, 7) is 11.0. The Morgan fingerprint density at radius 3 is 2.35 bits per heavy atom. The Morgan fingerprint density at radius 2 is 1.71 bits per heavy atom. The van der Waals surface area contributed by atoms with E-state index in [1.807, 2.05) is 85.5 Å². The van der Waals surface area contributed by atoms with Crippen LogP contribution in [0.15, 0.2) is 91.3 Å². The van der Waals surface area contributed by atoms with Crippen molar-refractivity contribution in [2.24, 2.45) is 0 Å². The van der Waals surface area contributed by atoms with Gasteiger partial charge < -0.3 is 15.0 Å². The first-order valence-corrected chi connectivity index (χ1v) is 17.9. The third kappa shape index (κ3) is 7.38. The zero-order valence-electron chi connectivity index (χ0n) is 29.5. The molecule has 5 aliphatic rings. The van der Waals surface area contributed by atoms with Gasteiger partial charge in [-0.25, -0.2) is 4.68 Å². The van der Waals surface area contributed by atoms with Gasteiger partial charge in [0, 0.05) is 69.4 Å². The standard InChI is InChI=1S/C21H22N6O2.C18H24N2O2/c1-2-25-20-14(13-22-27(20)16-6-4-3-5-7-16)12-18(21(25)29)23-19(28)17-10-11-26(24-17)15-8-9-15;1-13(14(2)20-11-16-9-17(12-20)22-16)18(21)19(3)10-15-7-5-4-6-8-15/h3-7,10-11,13,15,18H,2,8-9,12H2,1H3,(H,23,28);4-8,14,16-17H,1,9-12H2,2-3H3. The van der Waals surface area contributed by atoms with Crippen molar-refractivity contribution in [2.45, 2.75) is 76.4 Å². The molecular weight excluding hydrogens is 644 g/mol. The van der Waals surface area contributed by atoms with Crippen LogP contribution in [0.5, 0.6) is 0 Å². The number of ether oxygens (including phenoxy) is 1. The first kappa shape index (κ1) is 34.4. The van der Waals surface area contributed by atoms with Crippen molar-refractivity contribution in [1.82, 2.24) is 34.7 Å². The van der Waals surface area contributed by atoms with Gasteiger partial charge in [-0.3, -0.25) is 28.9 Å². The molecule has 12 heteroatoms. The van der Waals surface area contributed by atoms with Crippen molar-refractivity contribution in [3.63, 3.8) is 0 Å². The van der Waals surface area contributed by atoms with Gasteiger partial charge in [-0.15, -0.1) is 0 Å². The number of para-hydroxylation sites is 1. The van der Waals surface area contributed by atoms with Crippen LogP contribution in [0.2, 0.25) is 0 Å². The van der Waals surface area contributed by atoms with Crippen LogP contribution in [0.1, 0.15) is 60.8 Å². The fourth-order valence-corrected chi connectivity index (χ4v) is 7.09. The topological polar surface area (TPSA) is 118 Å². The number of hydrogen-bond acceptors (Lipinski definition) is 7. The SMILES string of the molecule is C=C(C(=O)N(C)Cc1ccccc1)C(C)N1CC2CC(C1)O2.CCN1C(=O)C(NC(=O)c2ccn(C3CC3)n2)Cc2cnn(-c3ccccc3)c21. The van der Waals surface area contributed by atoms with E-state index in [1.165, 1.54) is 0 Å². The highest BCUT2D eigenvalue weighted by atomic mass is 16.5. The van der Waals surface area contributed by atoms with Crippen LogP contribution >= 0.6 is 0 Å². The monoisotopic (exact) mass is 690 g/mol. The van der Waals surface area contributed by atoms with E-state index in [-0.39, 0.29) is 23.8 Å². The number of likely N-dealkylation sites (N-methyl/N-ethyl adjacent to an activating group) is 2. The third-order valence-corrected chi connectivity index (χ3v) is 10.2. The molecule has 0 spiro atoms. The molecule has 1 saturated carbocycles. The van der Waals surface area contributed by atoms with Gasteiger partial charge in [-0.1, -0.05) is 55.1 Å². The number of hydrogen-bond donors (Lipinski definition) is 1. The van der Waals surface area contributed by atoms with Gasteiger partial charge in [0.2, 0.25) is 0 Å². The van der Waals surface area contributed by atoms with E-state index in [0.29, 0.717) is 49.0 Å². The second kappa shape index (κ2) is 14.7. The Hall–Kier alpha value is -5.07. The van der Waals surface area contributed by atoms with E-state index in [2.05, 4.69) is 33.9 Å². The lowest BCUT2D eigenvalue weighted by Gasteiger charge is -2.49. The summed E-state index contributed by atoms with van der Waals surface area (Å²) in [5, 5.41) is 11.7. The van der Waals surface area contributed by atoms with Crippen LogP contribution in [-0.2, 0) is 27.3 Å². The highest BCUT2D eigenvalue weighted by Gasteiger charge is 2.41. The number of fused-ring (bicyclic) bond motifs is 3. The molecule has 3 saturated heterocycles. The van der Waals surface area contributed by atoms with Crippen LogP contribution in [0.25, 0.3) is 5.69 Å². The number of anilines is 1. The molecule has 4 fully saturated rings. The second-order valence-electron chi connectivity index (χ2n) is 13.9. The number of benzene rings is 2. The van der Waals surface area contributed by atoms with Gasteiger partial charge >= 0.3 is 0 Å². The number of carbonyl (C=O) groups is 3. The van der Waals surface area contributed by atoms with Gasteiger partial charge in [0.15, 0.2) is 0 Å². The summed E-state index contributed by atoms with van der Waals surface area (Å²) in [5.41, 5.74) is 3.97. The van der Waals surface area contributed by atoms with Gasteiger partial charge in [-0.2, -0.15) is 10.2 Å². The minimum Gasteiger partial charge on any atom is -0.372 e. The Balaban J connectivity index is 0.000000166. The molecule has 0 radical (unpaired) electrons. The van der Waals surface area contributed by atoms with Gasteiger partial charge in [0.1, 0.15) is 17.6 Å². The van der Waals surface area contributed by atoms with E-state index in [4.69, 9.17) is 4.74 Å². The van der Waals surface area contributed by atoms with Crippen molar-refractivity contribution in [3.05, 3.63) is 108 Å². The number of morpholine rings is 1. The lowest BCUT2D eigenvalue weighted by atomic mass is 9.95. The highest BCUT2D eigenvalue weighted by Crippen LogP contribution is 2.34. The van der Waals surface area contributed by atoms with Crippen molar-refractivity contribution >= 4 is 23.5 Å². The zero-order chi connectivity index (χ0) is 35.6. The molecule has 4 atom stereocenters. The summed E-state index contributed by atoms with van der Waals surface area (Å²) in [6.07, 6.45) is 8.09. The summed E-state index contributed by atoms with van der Waals surface area (Å²) in [7, 11) is 1.84. The normalized spacial score (nSPS) is 21.4. The third-order valence-electron chi connectivity index (χ3n) is 10.2. The molecule has 2 aromatic heterocycles. The average molecular weight is 691 g/mol. The lowest BCUT2D eigenvalue weighted by molar-refractivity contribution is -0.185.